The zero-order valence-electron chi connectivity index (χ0n) is 13.7. The number of para-hydroxylation sites is 1. The summed E-state index contributed by atoms with van der Waals surface area (Å²) in [7, 11) is 1.69. The minimum absolute atomic E-state index is 0.235. The summed E-state index contributed by atoms with van der Waals surface area (Å²) in [5.74, 6) is 0.886. The van der Waals surface area contributed by atoms with E-state index in [-0.39, 0.29) is 12.1 Å². The third-order valence-electron chi connectivity index (χ3n) is 4.65. The predicted molar refractivity (Wildman–Crippen MR) is 90.7 cm³/mol. The number of methoxy groups -OCH3 is 1. The SMILES string of the molecule is COc1ccccc1/C=C/CN1C[C@@H](O)[C@H](N2CCOCC2)C1. The molecule has 2 aliphatic heterocycles. The van der Waals surface area contributed by atoms with Crippen molar-refractivity contribution in [2.75, 3.05) is 53.0 Å². The van der Waals surface area contributed by atoms with Gasteiger partial charge >= 0.3 is 0 Å². The normalized spacial score (nSPS) is 26.9. The number of morpholine rings is 1. The first-order valence-electron chi connectivity index (χ1n) is 8.29. The number of ether oxygens (including phenoxy) is 2. The first kappa shape index (κ1) is 16.5. The molecule has 0 bridgehead atoms. The fourth-order valence-corrected chi connectivity index (χ4v) is 3.40. The second-order valence-electron chi connectivity index (χ2n) is 6.15. The van der Waals surface area contributed by atoms with Crippen molar-refractivity contribution >= 4 is 6.08 Å². The monoisotopic (exact) mass is 318 g/mol. The Hall–Kier alpha value is -1.40. The van der Waals surface area contributed by atoms with Crippen molar-refractivity contribution in [3.8, 4) is 5.75 Å². The molecule has 1 aromatic rings. The van der Waals surface area contributed by atoms with E-state index in [1.165, 1.54) is 0 Å². The van der Waals surface area contributed by atoms with Crippen molar-refractivity contribution in [1.29, 1.82) is 0 Å². The summed E-state index contributed by atoms with van der Waals surface area (Å²) in [6, 6.07) is 8.23. The fourth-order valence-electron chi connectivity index (χ4n) is 3.40. The molecular weight excluding hydrogens is 292 g/mol. The molecule has 0 unspecified atom stereocenters. The quantitative estimate of drug-likeness (QED) is 0.880. The van der Waals surface area contributed by atoms with Gasteiger partial charge in [-0.25, -0.2) is 0 Å². The van der Waals surface area contributed by atoms with Crippen molar-refractivity contribution in [3.63, 3.8) is 0 Å². The standard InChI is InChI=1S/C18H26N2O3/c1-22-18-7-3-2-5-15(18)6-4-8-19-13-16(17(21)14-19)20-9-11-23-12-10-20/h2-7,16-17,21H,8-14H2,1H3/b6-4+/t16-,17-/m1/s1. The molecule has 0 saturated carbocycles. The Labute approximate surface area is 138 Å². The predicted octanol–water partition coefficient (Wildman–Crippen LogP) is 1.09. The van der Waals surface area contributed by atoms with E-state index in [2.05, 4.69) is 22.0 Å². The first-order chi connectivity index (χ1) is 11.3. The molecule has 5 nitrogen and oxygen atoms in total. The Kier molecular flexibility index (Phi) is 5.67. The van der Waals surface area contributed by atoms with E-state index in [1.54, 1.807) is 7.11 Å². The second kappa shape index (κ2) is 7.93. The average Bonchev–Trinajstić information content (AvgIpc) is 2.97. The van der Waals surface area contributed by atoms with Crippen LogP contribution in [0.2, 0.25) is 0 Å². The number of benzene rings is 1. The minimum Gasteiger partial charge on any atom is -0.496 e. The van der Waals surface area contributed by atoms with Gasteiger partial charge in [0.15, 0.2) is 0 Å². The van der Waals surface area contributed by atoms with Gasteiger partial charge < -0.3 is 14.6 Å². The molecular formula is C18H26N2O3. The summed E-state index contributed by atoms with van der Waals surface area (Å²) in [6.07, 6.45) is 3.97. The maximum absolute atomic E-state index is 10.3. The van der Waals surface area contributed by atoms with Crippen LogP contribution in [0.5, 0.6) is 5.75 Å². The van der Waals surface area contributed by atoms with Gasteiger partial charge in [0.2, 0.25) is 0 Å². The average molecular weight is 318 g/mol. The summed E-state index contributed by atoms with van der Waals surface area (Å²) in [5.41, 5.74) is 1.08. The van der Waals surface area contributed by atoms with Gasteiger partial charge in [0.05, 0.1) is 26.4 Å². The molecule has 23 heavy (non-hydrogen) atoms. The van der Waals surface area contributed by atoms with Crippen LogP contribution in [0.1, 0.15) is 5.56 Å². The highest BCUT2D eigenvalue weighted by Crippen LogP contribution is 2.20. The Morgan fingerprint density at radius 3 is 2.83 bits per heavy atom. The zero-order valence-corrected chi connectivity index (χ0v) is 13.7. The van der Waals surface area contributed by atoms with Crippen molar-refractivity contribution in [3.05, 3.63) is 35.9 Å². The number of nitrogens with zero attached hydrogens (tertiary/aromatic N) is 2. The molecule has 2 aliphatic rings. The van der Waals surface area contributed by atoms with Crippen molar-refractivity contribution in [1.82, 2.24) is 9.80 Å². The van der Waals surface area contributed by atoms with Crippen LogP contribution in [0, 0.1) is 0 Å². The topological polar surface area (TPSA) is 45.2 Å². The van der Waals surface area contributed by atoms with Crippen LogP contribution in [-0.4, -0.2) is 80.1 Å². The van der Waals surface area contributed by atoms with Gasteiger partial charge in [-0.1, -0.05) is 30.4 Å². The molecule has 0 amide bonds. The highest BCUT2D eigenvalue weighted by molar-refractivity contribution is 5.57. The first-order valence-corrected chi connectivity index (χ1v) is 8.29. The van der Waals surface area contributed by atoms with Crippen LogP contribution in [0.4, 0.5) is 0 Å². The molecule has 2 saturated heterocycles. The number of aliphatic hydroxyl groups is 1. The van der Waals surface area contributed by atoms with E-state index in [0.29, 0.717) is 0 Å². The zero-order chi connectivity index (χ0) is 16.1. The van der Waals surface area contributed by atoms with E-state index >= 15 is 0 Å². The molecule has 1 N–H and O–H groups in total. The van der Waals surface area contributed by atoms with Crippen LogP contribution < -0.4 is 4.74 Å². The highest BCUT2D eigenvalue weighted by atomic mass is 16.5. The summed E-state index contributed by atoms with van der Waals surface area (Å²) in [6.45, 7) is 5.89. The lowest BCUT2D eigenvalue weighted by molar-refractivity contribution is -0.00614. The van der Waals surface area contributed by atoms with Crippen molar-refractivity contribution in [2.24, 2.45) is 0 Å². The van der Waals surface area contributed by atoms with Crippen LogP contribution in [0.3, 0.4) is 0 Å². The van der Waals surface area contributed by atoms with E-state index in [4.69, 9.17) is 9.47 Å². The molecule has 1 aromatic carbocycles. The molecule has 0 radical (unpaired) electrons. The molecule has 5 heteroatoms. The minimum atomic E-state index is -0.271. The van der Waals surface area contributed by atoms with Crippen molar-refractivity contribution < 1.29 is 14.6 Å². The maximum Gasteiger partial charge on any atom is 0.126 e. The van der Waals surface area contributed by atoms with Crippen LogP contribution in [0.15, 0.2) is 30.3 Å². The largest absolute Gasteiger partial charge is 0.496 e. The Morgan fingerprint density at radius 1 is 1.26 bits per heavy atom. The van der Waals surface area contributed by atoms with Gasteiger partial charge in [0.25, 0.3) is 0 Å². The van der Waals surface area contributed by atoms with E-state index < -0.39 is 0 Å². The Bertz CT molecular complexity index is 529. The number of likely N-dealkylation sites (tertiary alicyclic amines) is 1. The lowest BCUT2D eigenvalue weighted by Gasteiger charge is -2.33. The van der Waals surface area contributed by atoms with Gasteiger partial charge in [0, 0.05) is 44.3 Å². The second-order valence-corrected chi connectivity index (χ2v) is 6.15. The van der Waals surface area contributed by atoms with Crippen LogP contribution in [-0.2, 0) is 4.74 Å². The summed E-state index contributed by atoms with van der Waals surface area (Å²) < 4.78 is 10.8. The smallest absolute Gasteiger partial charge is 0.126 e. The Morgan fingerprint density at radius 2 is 2.04 bits per heavy atom. The molecule has 2 heterocycles. The Balaban J connectivity index is 1.54. The molecule has 0 aliphatic carbocycles. The fraction of sp³-hybridized carbons (Fsp3) is 0.556. The highest BCUT2D eigenvalue weighted by Gasteiger charge is 2.35. The van der Waals surface area contributed by atoms with Gasteiger partial charge in [-0.05, 0) is 6.07 Å². The molecule has 3 rings (SSSR count). The van der Waals surface area contributed by atoms with Gasteiger partial charge in [-0.15, -0.1) is 0 Å². The van der Waals surface area contributed by atoms with E-state index in [1.807, 2.05) is 24.3 Å². The third kappa shape index (κ3) is 4.12. The van der Waals surface area contributed by atoms with E-state index in [9.17, 15) is 5.11 Å². The molecule has 2 fully saturated rings. The number of β-amino-alcohol motifs (C(OH)–C–C–N with tert-alkyl or cyclic N) is 1. The summed E-state index contributed by atoms with van der Waals surface area (Å²) in [5, 5.41) is 10.3. The number of hydrogen-bond donors (Lipinski definition) is 1. The lowest BCUT2D eigenvalue weighted by atomic mass is 10.1. The molecule has 0 aromatic heterocycles. The number of rotatable bonds is 5. The van der Waals surface area contributed by atoms with Crippen LogP contribution in [0.25, 0.3) is 6.08 Å². The van der Waals surface area contributed by atoms with Gasteiger partial charge in [-0.2, -0.15) is 0 Å². The molecule has 2 atom stereocenters. The summed E-state index contributed by atoms with van der Waals surface area (Å²) >= 11 is 0. The maximum atomic E-state index is 10.3. The van der Waals surface area contributed by atoms with Crippen LogP contribution >= 0.6 is 0 Å². The van der Waals surface area contributed by atoms with E-state index in [0.717, 1.165) is 57.3 Å². The molecule has 0 spiro atoms. The van der Waals surface area contributed by atoms with Gasteiger partial charge in [-0.3, -0.25) is 9.80 Å². The number of hydrogen-bond acceptors (Lipinski definition) is 5. The molecule has 126 valence electrons. The summed E-state index contributed by atoms with van der Waals surface area (Å²) in [4.78, 5) is 4.66. The lowest BCUT2D eigenvalue weighted by Crippen LogP contribution is -2.48. The van der Waals surface area contributed by atoms with Gasteiger partial charge in [0.1, 0.15) is 5.75 Å². The number of aliphatic hydroxyl groups excluding tert-OH is 1. The van der Waals surface area contributed by atoms with Crippen molar-refractivity contribution in [2.45, 2.75) is 12.1 Å². The third-order valence-corrected chi connectivity index (χ3v) is 4.65.